The van der Waals surface area contributed by atoms with Crippen LogP contribution in [-0.4, -0.2) is 23.0 Å². The topological polar surface area (TPSA) is 74.0 Å². The van der Waals surface area contributed by atoms with Crippen molar-refractivity contribution in [1.82, 2.24) is 5.43 Å². The number of carbonyl (C=O) groups is 1. The predicted molar refractivity (Wildman–Crippen MR) is 35.0 cm³/mol. The third-order valence-electron chi connectivity index (χ3n) is 1.29. The first-order valence-electron chi connectivity index (χ1n) is 2.77. The minimum Gasteiger partial charge on any atom is -0.411 e. The van der Waals surface area contributed by atoms with Gasteiger partial charge in [0, 0.05) is 0 Å². The minimum atomic E-state index is -0.495. The van der Waals surface area contributed by atoms with Gasteiger partial charge < -0.3 is 5.21 Å². The summed E-state index contributed by atoms with van der Waals surface area (Å²) in [5.41, 5.74) is 2.86. The van der Waals surface area contributed by atoms with Crippen molar-refractivity contribution in [3.05, 3.63) is 0 Å². The zero-order valence-corrected chi connectivity index (χ0v) is 5.40. The Morgan fingerprint density at radius 2 is 2.60 bits per heavy atom. The zero-order valence-electron chi connectivity index (χ0n) is 5.40. The first-order valence-corrected chi connectivity index (χ1v) is 2.77. The summed E-state index contributed by atoms with van der Waals surface area (Å²) in [6, 6.07) is 0. The van der Waals surface area contributed by atoms with E-state index in [0.717, 1.165) is 6.21 Å². The number of oxime groups is 1. The minimum absolute atomic E-state index is 0.254. The SMILES string of the molecule is CC1=NNC(=O)[C@@H]1/C=N\O. The van der Waals surface area contributed by atoms with E-state index in [1.54, 1.807) is 6.92 Å². The van der Waals surface area contributed by atoms with E-state index in [9.17, 15) is 4.79 Å². The predicted octanol–water partition coefficient (Wildman–Crippen LogP) is -0.432. The van der Waals surface area contributed by atoms with Gasteiger partial charge >= 0.3 is 0 Å². The lowest BCUT2D eigenvalue weighted by molar-refractivity contribution is -0.120. The average molecular weight is 141 g/mol. The quantitative estimate of drug-likeness (QED) is 0.295. The first kappa shape index (κ1) is 6.73. The van der Waals surface area contributed by atoms with Crippen molar-refractivity contribution in [2.24, 2.45) is 16.2 Å². The lowest BCUT2D eigenvalue weighted by atomic mass is 10.1. The maximum absolute atomic E-state index is 10.7. The first-order chi connectivity index (χ1) is 4.75. The van der Waals surface area contributed by atoms with E-state index in [0.29, 0.717) is 5.71 Å². The molecule has 1 atom stereocenters. The van der Waals surface area contributed by atoms with Crippen LogP contribution in [0.15, 0.2) is 10.3 Å². The summed E-state index contributed by atoms with van der Waals surface area (Å²) in [6.45, 7) is 1.68. The lowest BCUT2D eigenvalue weighted by Crippen LogP contribution is -2.23. The average Bonchev–Trinajstić information content (AvgIpc) is 2.20. The van der Waals surface area contributed by atoms with Crippen molar-refractivity contribution in [2.45, 2.75) is 6.92 Å². The van der Waals surface area contributed by atoms with Crippen molar-refractivity contribution in [3.63, 3.8) is 0 Å². The number of nitrogens with zero attached hydrogens (tertiary/aromatic N) is 2. The van der Waals surface area contributed by atoms with E-state index >= 15 is 0 Å². The summed E-state index contributed by atoms with van der Waals surface area (Å²) in [5.74, 6) is -0.750. The Bertz CT molecular complexity index is 209. The molecule has 1 aliphatic heterocycles. The van der Waals surface area contributed by atoms with Crippen molar-refractivity contribution in [2.75, 3.05) is 0 Å². The number of hydrogen-bond acceptors (Lipinski definition) is 4. The van der Waals surface area contributed by atoms with Crippen LogP contribution in [-0.2, 0) is 4.79 Å². The molecule has 0 aromatic rings. The summed E-state index contributed by atoms with van der Waals surface area (Å²) in [4.78, 5) is 10.7. The Morgan fingerprint density at radius 1 is 1.90 bits per heavy atom. The molecule has 0 spiro atoms. The van der Waals surface area contributed by atoms with Gasteiger partial charge in [-0.05, 0) is 6.92 Å². The fraction of sp³-hybridized carbons (Fsp3) is 0.400. The van der Waals surface area contributed by atoms with Gasteiger partial charge in [0.25, 0.3) is 5.91 Å². The van der Waals surface area contributed by atoms with Gasteiger partial charge in [-0.1, -0.05) is 0 Å². The van der Waals surface area contributed by atoms with Crippen molar-refractivity contribution >= 4 is 17.8 Å². The van der Waals surface area contributed by atoms with Crippen LogP contribution in [0.1, 0.15) is 6.92 Å². The molecule has 0 saturated carbocycles. The van der Waals surface area contributed by atoms with Crippen LogP contribution in [0.5, 0.6) is 0 Å². The van der Waals surface area contributed by atoms with Gasteiger partial charge in [0.2, 0.25) is 0 Å². The van der Waals surface area contributed by atoms with Crippen LogP contribution in [0.4, 0.5) is 0 Å². The number of rotatable bonds is 1. The normalized spacial score (nSPS) is 25.1. The number of hydrazone groups is 1. The Morgan fingerprint density at radius 3 is 3.00 bits per heavy atom. The number of hydrogen-bond donors (Lipinski definition) is 2. The van der Waals surface area contributed by atoms with Crippen molar-refractivity contribution < 1.29 is 10.0 Å². The Kier molecular flexibility index (Phi) is 1.66. The second-order valence-corrected chi connectivity index (χ2v) is 1.97. The van der Waals surface area contributed by atoms with Gasteiger partial charge in [-0.3, -0.25) is 4.79 Å². The van der Waals surface area contributed by atoms with Crippen LogP contribution in [0.3, 0.4) is 0 Å². The Balaban J connectivity index is 2.74. The van der Waals surface area contributed by atoms with Crippen LogP contribution < -0.4 is 5.43 Å². The highest BCUT2D eigenvalue weighted by atomic mass is 16.4. The van der Waals surface area contributed by atoms with Gasteiger partial charge in [-0.25, -0.2) is 5.43 Å². The van der Waals surface area contributed by atoms with E-state index in [1.807, 2.05) is 0 Å². The molecule has 10 heavy (non-hydrogen) atoms. The second-order valence-electron chi connectivity index (χ2n) is 1.97. The monoisotopic (exact) mass is 141 g/mol. The van der Waals surface area contributed by atoms with E-state index in [2.05, 4.69) is 15.7 Å². The maximum atomic E-state index is 10.7. The Labute approximate surface area is 57.4 Å². The molecular weight excluding hydrogens is 134 g/mol. The fourth-order valence-electron chi connectivity index (χ4n) is 0.714. The molecular formula is C5H7N3O2. The molecule has 1 aliphatic rings. The molecule has 1 heterocycles. The number of nitrogens with one attached hydrogen (secondary N) is 1. The summed E-state index contributed by atoms with van der Waals surface area (Å²) < 4.78 is 0. The molecule has 0 unspecified atom stereocenters. The number of carbonyl (C=O) groups excluding carboxylic acids is 1. The molecule has 1 amide bonds. The van der Waals surface area contributed by atoms with Gasteiger partial charge in [-0.2, -0.15) is 5.10 Å². The van der Waals surface area contributed by atoms with Gasteiger partial charge in [0.05, 0.1) is 11.9 Å². The molecule has 5 heteroatoms. The standard InChI is InChI=1S/C5H7N3O2/c1-3-4(2-6-10)5(9)8-7-3/h2,4,10H,1H3,(H,8,9)/b6-2-/t4-/m1/s1. The van der Waals surface area contributed by atoms with E-state index in [4.69, 9.17) is 5.21 Å². The highest BCUT2D eigenvalue weighted by Gasteiger charge is 2.24. The highest BCUT2D eigenvalue weighted by Crippen LogP contribution is 2.02. The zero-order chi connectivity index (χ0) is 7.56. The molecule has 1 rings (SSSR count). The Hall–Kier alpha value is -1.39. The highest BCUT2D eigenvalue weighted by molar-refractivity contribution is 6.17. The molecule has 5 nitrogen and oxygen atoms in total. The third-order valence-corrected chi connectivity index (χ3v) is 1.29. The number of amides is 1. The molecule has 0 fully saturated rings. The third kappa shape index (κ3) is 0.975. The molecule has 0 aromatic carbocycles. The van der Waals surface area contributed by atoms with Crippen molar-refractivity contribution in [1.29, 1.82) is 0 Å². The lowest BCUT2D eigenvalue weighted by Gasteiger charge is -1.95. The van der Waals surface area contributed by atoms with E-state index in [1.165, 1.54) is 0 Å². The summed E-state index contributed by atoms with van der Waals surface area (Å²) >= 11 is 0. The van der Waals surface area contributed by atoms with Gasteiger partial charge in [0.15, 0.2) is 0 Å². The second kappa shape index (κ2) is 2.47. The maximum Gasteiger partial charge on any atom is 0.254 e. The smallest absolute Gasteiger partial charge is 0.254 e. The molecule has 0 aromatic heterocycles. The van der Waals surface area contributed by atoms with E-state index < -0.39 is 5.92 Å². The molecule has 0 radical (unpaired) electrons. The summed E-state index contributed by atoms with van der Waals surface area (Å²) in [6.07, 6.45) is 1.14. The molecule has 0 saturated heterocycles. The molecule has 54 valence electrons. The van der Waals surface area contributed by atoms with Crippen LogP contribution >= 0.6 is 0 Å². The molecule has 2 N–H and O–H groups in total. The summed E-state index contributed by atoms with van der Waals surface area (Å²) in [7, 11) is 0. The van der Waals surface area contributed by atoms with Crippen LogP contribution in [0.2, 0.25) is 0 Å². The van der Waals surface area contributed by atoms with E-state index in [-0.39, 0.29) is 5.91 Å². The van der Waals surface area contributed by atoms with Gasteiger partial charge in [-0.15, -0.1) is 5.16 Å². The van der Waals surface area contributed by atoms with Gasteiger partial charge in [0.1, 0.15) is 5.92 Å². The summed E-state index contributed by atoms with van der Waals surface area (Å²) in [5, 5.41) is 14.5. The molecule has 0 aliphatic carbocycles. The largest absolute Gasteiger partial charge is 0.411 e. The fourth-order valence-corrected chi connectivity index (χ4v) is 0.714. The van der Waals surface area contributed by atoms with Crippen LogP contribution in [0, 0.1) is 5.92 Å². The van der Waals surface area contributed by atoms with Crippen molar-refractivity contribution in [3.8, 4) is 0 Å². The van der Waals surface area contributed by atoms with Crippen LogP contribution in [0.25, 0.3) is 0 Å². The molecule has 0 bridgehead atoms.